The van der Waals surface area contributed by atoms with Gasteiger partial charge in [-0.15, -0.1) is 11.3 Å². The number of nitrogens with two attached hydrogens (primary N) is 1. The zero-order chi connectivity index (χ0) is 17.5. The summed E-state index contributed by atoms with van der Waals surface area (Å²) in [5.41, 5.74) is 5.45. The summed E-state index contributed by atoms with van der Waals surface area (Å²) in [6.45, 7) is 8.91. The third-order valence-corrected chi connectivity index (χ3v) is 4.66. The van der Waals surface area contributed by atoms with Gasteiger partial charge in [0.2, 0.25) is 0 Å². The highest BCUT2D eigenvalue weighted by molar-refractivity contribution is 7.09. The van der Waals surface area contributed by atoms with Crippen molar-refractivity contribution in [2.75, 3.05) is 20.1 Å². The first-order valence-electron chi connectivity index (χ1n) is 8.14. The van der Waals surface area contributed by atoms with E-state index in [1.54, 1.807) is 11.3 Å². The molecule has 5 nitrogen and oxygen atoms in total. The second kappa shape index (κ2) is 9.25. The zero-order valence-electron chi connectivity index (χ0n) is 15.0. The van der Waals surface area contributed by atoms with E-state index in [-0.39, 0.29) is 12.1 Å². The van der Waals surface area contributed by atoms with Gasteiger partial charge < -0.3 is 15.8 Å². The maximum Gasteiger partial charge on any atom is 0.407 e. The lowest BCUT2D eigenvalue weighted by Gasteiger charge is -2.32. The quantitative estimate of drug-likeness (QED) is 0.763. The molecular weight excluding hydrogens is 310 g/mol. The van der Waals surface area contributed by atoms with Crippen molar-refractivity contribution in [3.8, 4) is 0 Å². The SMILES string of the molecule is CC(Cc1cccs1)N(C)C(CN)CCNC(=O)OC(C)(C)C. The summed E-state index contributed by atoms with van der Waals surface area (Å²) in [6, 6.07) is 4.89. The molecular formula is C17H31N3O2S. The Morgan fingerprint density at radius 1 is 1.48 bits per heavy atom. The normalized spacial score (nSPS) is 14.6. The second-order valence-electron chi connectivity index (χ2n) is 6.90. The molecule has 1 heterocycles. The Labute approximate surface area is 144 Å². The van der Waals surface area contributed by atoms with E-state index >= 15 is 0 Å². The van der Waals surface area contributed by atoms with Gasteiger partial charge in [0.15, 0.2) is 0 Å². The average Bonchev–Trinajstić information content (AvgIpc) is 2.93. The van der Waals surface area contributed by atoms with E-state index in [1.807, 2.05) is 20.8 Å². The minimum absolute atomic E-state index is 0.236. The van der Waals surface area contributed by atoms with Gasteiger partial charge in [-0.1, -0.05) is 6.07 Å². The van der Waals surface area contributed by atoms with Crippen molar-refractivity contribution < 1.29 is 9.53 Å². The van der Waals surface area contributed by atoms with E-state index in [4.69, 9.17) is 10.5 Å². The lowest BCUT2D eigenvalue weighted by molar-refractivity contribution is 0.0521. The van der Waals surface area contributed by atoms with Crippen LogP contribution >= 0.6 is 11.3 Å². The predicted molar refractivity (Wildman–Crippen MR) is 96.9 cm³/mol. The van der Waals surface area contributed by atoms with Gasteiger partial charge in [-0.25, -0.2) is 4.79 Å². The topological polar surface area (TPSA) is 67.6 Å². The first-order chi connectivity index (χ1) is 10.7. The molecule has 3 N–H and O–H groups in total. The van der Waals surface area contributed by atoms with Gasteiger partial charge in [0.25, 0.3) is 0 Å². The van der Waals surface area contributed by atoms with Gasteiger partial charge in [0.05, 0.1) is 0 Å². The zero-order valence-corrected chi connectivity index (χ0v) is 15.8. The third kappa shape index (κ3) is 7.81. The van der Waals surface area contributed by atoms with Crippen LogP contribution in [-0.2, 0) is 11.2 Å². The highest BCUT2D eigenvalue weighted by Crippen LogP contribution is 2.15. The number of thiophene rings is 1. The Bertz CT molecular complexity index is 457. The highest BCUT2D eigenvalue weighted by Gasteiger charge is 2.20. The number of hydrogen-bond acceptors (Lipinski definition) is 5. The lowest BCUT2D eigenvalue weighted by atomic mass is 10.1. The molecule has 0 saturated heterocycles. The van der Waals surface area contributed by atoms with Crippen molar-refractivity contribution in [1.29, 1.82) is 0 Å². The smallest absolute Gasteiger partial charge is 0.407 e. The van der Waals surface area contributed by atoms with Crippen LogP contribution in [0.1, 0.15) is 39.0 Å². The number of hydrogen-bond donors (Lipinski definition) is 2. The number of rotatable bonds is 8. The molecule has 1 rings (SSSR count). The van der Waals surface area contributed by atoms with Crippen LogP contribution in [0.4, 0.5) is 4.79 Å². The maximum absolute atomic E-state index is 11.7. The molecule has 6 heteroatoms. The number of alkyl carbamates (subject to hydrolysis) is 1. The van der Waals surface area contributed by atoms with Gasteiger partial charge >= 0.3 is 6.09 Å². The Balaban J connectivity index is 2.38. The number of ether oxygens (including phenoxy) is 1. The molecule has 0 aliphatic heterocycles. The number of amides is 1. The first kappa shape index (κ1) is 19.9. The fourth-order valence-corrected chi connectivity index (χ4v) is 3.19. The van der Waals surface area contributed by atoms with Crippen molar-refractivity contribution in [2.24, 2.45) is 5.73 Å². The van der Waals surface area contributed by atoms with Gasteiger partial charge in [-0.05, 0) is 59.0 Å². The van der Waals surface area contributed by atoms with Gasteiger partial charge in [-0.3, -0.25) is 4.90 Å². The molecule has 0 spiro atoms. The van der Waals surface area contributed by atoms with Gasteiger partial charge in [0.1, 0.15) is 5.60 Å². The number of nitrogens with zero attached hydrogens (tertiary/aromatic N) is 1. The molecule has 0 aromatic carbocycles. The fourth-order valence-electron chi connectivity index (χ4n) is 2.37. The molecule has 2 unspecified atom stereocenters. The Hall–Kier alpha value is -1.11. The van der Waals surface area contributed by atoms with Gasteiger partial charge in [-0.2, -0.15) is 0 Å². The van der Waals surface area contributed by atoms with E-state index in [0.717, 1.165) is 12.8 Å². The summed E-state index contributed by atoms with van der Waals surface area (Å²) >= 11 is 1.78. The van der Waals surface area contributed by atoms with Crippen LogP contribution in [0.25, 0.3) is 0 Å². The number of carbonyl (C=O) groups is 1. The molecule has 23 heavy (non-hydrogen) atoms. The van der Waals surface area contributed by atoms with Crippen LogP contribution < -0.4 is 11.1 Å². The molecule has 1 aromatic heterocycles. The minimum atomic E-state index is -0.469. The predicted octanol–water partition coefficient (Wildman–Crippen LogP) is 2.85. The van der Waals surface area contributed by atoms with Crippen LogP contribution in [0.3, 0.4) is 0 Å². The summed E-state index contributed by atoms with van der Waals surface area (Å²) < 4.78 is 5.24. The molecule has 0 fully saturated rings. The summed E-state index contributed by atoms with van der Waals surface area (Å²) in [5, 5.41) is 4.91. The van der Waals surface area contributed by atoms with Crippen LogP contribution in [0.2, 0.25) is 0 Å². The number of likely N-dealkylation sites (N-methyl/N-ethyl adjacent to an activating group) is 1. The molecule has 2 atom stereocenters. The van der Waals surface area contributed by atoms with E-state index < -0.39 is 5.60 Å². The van der Waals surface area contributed by atoms with Crippen molar-refractivity contribution >= 4 is 17.4 Å². The van der Waals surface area contributed by atoms with Gasteiger partial charge in [0, 0.05) is 30.1 Å². The number of nitrogens with one attached hydrogen (secondary N) is 1. The van der Waals surface area contributed by atoms with Crippen molar-refractivity contribution in [1.82, 2.24) is 10.2 Å². The third-order valence-electron chi connectivity index (χ3n) is 3.77. The summed E-state index contributed by atoms with van der Waals surface area (Å²) in [4.78, 5) is 15.4. The van der Waals surface area contributed by atoms with E-state index in [0.29, 0.717) is 19.1 Å². The van der Waals surface area contributed by atoms with Crippen LogP contribution in [0, 0.1) is 0 Å². The standard InChI is InChI=1S/C17H31N3O2S/c1-13(11-15-7-6-10-23-15)20(5)14(12-18)8-9-19-16(21)22-17(2,3)4/h6-7,10,13-14H,8-9,11-12,18H2,1-5H3,(H,19,21). The second-order valence-corrected chi connectivity index (χ2v) is 7.94. The maximum atomic E-state index is 11.7. The molecule has 1 aromatic rings. The van der Waals surface area contributed by atoms with E-state index in [9.17, 15) is 4.79 Å². The monoisotopic (exact) mass is 341 g/mol. The Morgan fingerprint density at radius 3 is 2.70 bits per heavy atom. The van der Waals surface area contributed by atoms with E-state index in [1.165, 1.54) is 4.88 Å². The fraction of sp³-hybridized carbons (Fsp3) is 0.706. The molecule has 0 aliphatic carbocycles. The van der Waals surface area contributed by atoms with Crippen LogP contribution in [-0.4, -0.2) is 48.8 Å². The average molecular weight is 342 g/mol. The minimum Gasteiger partial charge on any atom is -0.444 e. The summed E-state index contributed by atoms with van der Waals surface area (Å²) in [5.74, 6) is 0. The Morgan fingerprint density at radius 2 is 2.17 bits per heavy atom. The van der Waals surface area contributed by atoms with Crippen molar-refractivity contribution in [3.05, 3.63) is 22.4 Å². The van der Waals surface area contributed by atoms with Crippen molar-refractivity contribution in [3.63, 3.8) is 0 Å². The molecule has 0 aliphatic rings. The lowest BCUT2D eigenvalue weighted by Crippen LogP contribution is -2.45. The molecule has 0 radical (unpaired) electrons. The molecule has 0 bridgehead atoms. The van der Waals surface area contributed by atoms with E-state index in [2.05, 4.69) is 41.7 Å². The number of carbonyl (C=O) groups excluding carboxylic acids is 1. The van der Waals surface area contributed by atoms with Crippen molar-refractivity contribution in [2.45, 2.75) is 58.2 Å². The molecule has 0 saturated carbocycles. The summed E-state index contributed by atoms with van der Waals surface area (Å²) in [7, 11) is 2.10. The van der Waals surface area contributed by atoms with Crippen LogP contribution in [0.5, 0.6) is 0 Å². The largest absolute Gasteiger partial charge is 0.444 e. The summed E-state index contributed by atoms with van der Waals surface area (Å²) in [6.07, 6.45) is 1.45. The Kier molecular flexibility index (Phi) is 8.02. The van der Waals surface area contributed by atoms with Crippen LogP contribution in [0.15, 0.2) is 17.5 Å². The molecule has 132 valence electrons. The first-order valence-corrected chi connectivity index (χ1v) is 9.02. The molecule has 1 amide bonds. The highest BCUT2D eigenvalue weighted by atomic mass is 32.1.